The monoisotopic (exact) mass is 385 g/mol. The molecule has 0 bridgehead atoms. The second kappa shape index (κ2) is 8.57. The van der Waals surface area contributed by atoms with Gasteiger partial charge in [0.25, 0.3) is 0 Å². The average molecular weight is 385 g/mol. The molecule has 1 heterocycles. The molecule has 1 aliphatic carbocycles. The first kappa shape index (κ1) is 19.4. The second-order valence-electron chi connectivity index (χ2n) is 6.34. The van der Waals surface area contributed by atoms with Gasteiger partial charge in [-0.15, -0.1) is 0 Å². The first-order chi connectivity index (χ1) is 13.4. The molecule has 2 N–H and O–H groups in total. The van der Waals surface area contributed by atoms with Crippen molar-refractivity contribution in [2.24, 2.45) is 0 Å². The number of alkyl halides is 1. The fourth-order valence-corrected chi connectivity index (χ4v) is 2.40. The minimum atomic E-state index is -1.51. The number of rotatable bonds is 5. The fourth-order valence-electron chi connectivity index (χ4n) is 2.40. The molecule has 0 fully saturated rings. The number of nitrogens with one attached hydrogen (secondary N) is 2. The Kier molecular flexibility index (Phi) is 5.94. The quantitative estimate of drug-likeness (QED) is 0.746. The van der Waals surface area contributed by atoms with Crippen molar-refractivity contribution in [3.8, 4) is 11.8 Å². The molecular formula is C20H18F3N5. The van der Waals surface area contributed by atoms with Crippen LogP contribution in [-0.2, 0) is 0 Å². The van der Waals surface area contributed by atoms with Crippen molar-refractivity contribution in [1.82, 2.24) is 15.0 Å². The van der Waals surface area contributed by atoms with Crippen molar-refractivity contribution >= 4 is 17.6 Å². The van der Waals surface area contributed by atoms with Crippen molar-refractivity contribution < 1.29 is 13.2 Å². The Bertz CT molecular complexity index is 975. The van der Waals surface area contributed by atoms with Gasteiger partial charge >= 0.3 is 0 Å². The summed E-state index contributed by atoms with van der Waals surface area (Å²) in [7, 11) is 0. The van der Waals surface area contributed by atoms with Crippen molar-refractivity contribution in [2.75, 3.05) is 10.6 Å². The van der Waals surface area contributed by atoms with E-state index in [-0.39, 0.29) is 23.8 Å². The Hall–Kier alpha value is -3.34. The van der Waals surface area contributed by atoms with Crippen LogP contribution in [0.4, 0.5) is 30.8 Å². The maximum absolute atomic E-state index is 14.5. The third kappa shape index (κ3) is 5.10. The van der Waals surface area contributed by atoms with Crippen LogP contribution in [0.5, 0.6) is 0 Å². The van der Waals surface area contributed by atoms with Gasteiger partial charge in [0.05, 0.1) is 0 Å². The average Bonchev–Trinajstić information content (AvgIpc) is 2.60. The van der Waals surface area contributed by atoms with Gasteiger partial charge in [0, 0.05) is 11.7 Å². The molecule has 144 valence electrons. The lowest BCUT2D eigenvalue weighted by molar-refractivity contribution is 0.480. The smallest absolute Gasteiger partial charge is 0.232 e. The number of nitrogens with zero attached hydrogens (tertiary/aromatic N) is 3. The molecule has 8 heteroatoms. The number of allylic oxidation sites excluding steroid dienone is 4. The highest BCUT2D eigenvalue weighted by atomic mass is 19.1. The summed E-state index contributed by atoms with van der Waals surface area (Å²) in [4.78, 5) is 12.7. The summed E-state index contributed by atoms with van der Waals surface area (Å²) in [6.07, 6.45) is 2.04. The number of hydrogen-bond acceptors (Lipinski definition) is 5. The van der Waals surface area contributed by atoms with Crippen LogP contribution in [0.3, 0.4) is 0 Å². The molecule has 1 aliphatic rings. The normalized spacial score (nSPS) is 21.6. The molecule has 0 amide bonds. The van der Waals surface area contributed by atoms with Gasteiger partial charge in [-0.05, 0) is 44.2 Å². The lowest BCUT2D eigenvalue weighted by Crippen LogP contribution is -2.17. The highest BCUT2D eigenvalue weighted by molar-refractivity contribution is 5.54. The predicted octanol–water partition coefficient (Wildman–Crippen LogP) is 4.42. The Morgan fingerprint density at radius 1 is 1.07 bits per heavy atom. The fraction of sp³-hybridized carbons (Fsp3) is 0.250. The van der Waals surface area contributed by atoms with Gasteiger partial charge in [-0.1, -0.05) is 24.0 Å². The number of halogens is 3. The van der Waals surface area contributed by atoms with Crippen LogP contribution >= 0.6 is 0 Å². The van der Waals surface area contributed by atoms with E-state index in [9.17, 15) is 13.2 Å². The number of aromatic nitrogens is 3. The van der Waals surface area contributed by atoms with E-state index < -0.39 is 23.7 Å². The van der Waals surface area contributed by atoms with Crippen molar-refractivity contribution in [2.45, 2.75) is 32.0 Å². The van der Waals surface area contributed by atoms with Crippen LogP contribution in [0.15, 0.2) is 48.3 Å². The molecule has 0 saturated carbocycles. The zero-order valence-corrected chi connectivity index (χ0v) is 15.2. The Morgan fingerprint density at radius 3 is 2.61 bits per heavy atom. The topological polar surface area (TPSA) is 62.7 Å². The minimum Gasteiger partial charge on any atom is -0.352 e. The molecule has 28 heavy (non-hydrogen) atoms. The van der Waals surface area contributed by atoms with E-state index in [4.69, 9.17) is 0 Å². The van der Waals surface area contributed by atoms with E-state index in [0.717, 1.165) is 12.2 Å². The maximum Gasteiger partial charge on any atom is 0.232 e. The number of benzene rings is 1. The molecule has 1 aromatic heterocycles. The van der Waals surface area contributed by atoms with Gasteiger partial charge in [0.15, 0.2) is 12.0 Å². The van der Waals surface area contributed by atoms with Crippen LogP contribution in [0.1, 0.15) is 25.6 Å². The molecular weight excluding hydrogens is 367 g/mol. The largest absolute Gasteiger partial charge is 0.352 e. The van der Waals surface area contributed by atoms with E-state index in [2.05, 4.69) is 37.4 Å². The maximum atomic E-state index is 14.5. The molecule has 2 aromatic rings. The van der Waals surface area contributed by atoms with E-state index in [1.165, 1.54) is 24.3 Å². The van der Waals surface area contributed by atoms with Crippen molar-refractivity contribution in [3.63, 3.8) is 0 Å². The third-order valence-corrected chi connectivity index (χ3v) is 3.59. The summed E-state index contributed by atoms with van der Waals surface area (Å²) in [5.74, 6) is 2.96. The van der Waals surface area contributed by atoms with E-state index in [0.29, 0.717) is 5.69 Å². The summed E-state index contributed by atoms with van der Waals surface area (Å²) < 4.78 is 41.5. The zero-order chi connectivity index (χ0) is 20.1. The number of anilines is 3. The standard InChI is InChI=1S/C20H18F3N5/c1-12(2)24-19-26-18(16-10-9-13(21)5-4-8-17(16)23)27-20(28-19)25-15-7-3-6-14(22)11-15/h3-8,11-13,16H,1-2H3,(H2,24,25,26,27,28)/b5-4-,17-8+. The zero-order valence-electron chi connectivity index (χ0n) is 15.2. The third-order valence-electron chi connectivity index (χ3n) is 3.59. The Balaban J connectivity index is 2.02. The summed E-state index contributed by atoms with van der Waals surface area (Å²) in [5, 5.41) is 5.89. The molecule has 2 unspecified atom stereocenters. The number of hydrogen-bond donors (Lipinski definition) is 2. The van der Waals surface area contributed by atoms with Gasteiger partial charge < -0.3 is 10.6 Å². The highest BCUT2D eigenvalue weighted by Gasteiger charge is 2.21. The lowest BCUT2D eigenvalue weighted by atomic mass is 10.1. The van der Waals surface area contributed by atoms with Crippen LogP contribution in [0.2, 0.25) is 0 Å². The van der Waals surface area contributed by atoms with Gasteiger partial charge in [0.2, 0.25) is 11.9 Å². The first-order valence-corrected chi connectivity index (χ1v) is 8.65. The molecule has 5 nitrogen and oxygen atoms in total. The van der Waals surface area contributed by atoms with Gasteiger partial charge in [-0.2, -0.15) is 15.0 Å². The van der Waals surface area contributed by atoms with Crippen LogP contribution in [0, 0.1) is 17.7 Å². The molecule has 0 saturated heterocycles. The van der Waals surface area contributed by atoms with E-state index in [1.54, 1.807) is 6.07 Å². The summed E-state index contributed by atoms with van der Waals surface area (Å²) in [6.45, 7) is 3.77. The second-order valence-corrected chi connectivity index (χ2v) is 6.34. The minimum absolute atomic E-state index is 0.000711. The van der Waals surface area contributed by atoms with Gasteiger partial charge in [0.1, 0.15) is 17.6 Å². The Morgan fingerprint density at radius 2 is 1.86 bits per heavy atom. The summed E-state index contributed by atoms with van der Waals surface area (Å²) in [6, 6.07) is 5.74. The van der Waals surface area contributed by atoms with Gasteiger partial charge in [-0.25, -0.2) is 13.2 Å². The van der Waals surface area contributed by atoms with Crippen molar-refractivity contribution in [1.29, 1.82) is 0 Å². The molecule has 1 aromatic carbocycles. The molecule has 3 rings (SSSR count). The SMILES string of the molecule is CC(C)Nc1nc(Nc2cccc(F)c2)nc(C2C#CC(F)/C=C\C=C/2F)n1. The summed E-state index contributed by atoms with van der Waals surface area (Å²) in [5.41, 5.74) is 0.416. The van der Waals surface area contributed by atoms with E-state index in [1.807, 2.05) is 13.8 Å². The van der Waals surface area contributed by atoms with Crippen LogP contribution in [0.25, 0.3) is 0 Å². The van der Waals surface area contributed by atoms with Crippen LogP contribution < -0.4 is 10.6 Å². The summed E-state index contributed by atoms with van der Waals surface area (Å²) >= 11 is 0. The van der Waals surface area contributed by atoms with Gasteiger partial charge in [-0.3, -0.25) is 0 Å². The molecule has 0 radical (unpaired) electrons. The van der Waals surface area contributed by atoms with Crippen molar-refractivity contribution in [3.05, 3.63) is 60.0 Å². The van der Waals surface area contributed by atoms with Crippen LogP contribution in [-0.4, -0.2) is 27.2 Å². The van der Waals surface area contributed by atoms with E-state index >= 15 is 0 Å². The Labute approximate surface area is 160 Å². The predicted molar refractivity (Wildman–Crippen MR) is 102 cm³/mol. The molecule has 0 aliphatic heterocycles. The molecule has 0 spiro atoms. The first-order valence-electron chi connectivity index (χ1n) is 8.65. The lowest BCUT2D eigenvalue weighted by Gasteiger charge is -2.14. The molecule has 2 atom stereocenters. The highest BCUT2D eigenvalue weighted by Crippen LogP contribution is 2.26.